The first-order chi connectivity index (χ1) is 8.70. The molecule has 0 radical (unpaired) electrons. The van der Waals surface area contributed by atoms with Gasteiger partial charge < -0.3 is 5.32 Å². The fraction of sp³-hybridized carbons (Fsp3) is 0.625. The van der Waals surface area contributed by atoms with E-state index in [0.717, 1.165) is 13.0 Å². The van der Waals surface area contributed by atoms with Crippen LogP contribution in [0.1, 0.15) is 32.8 Å². The molecular formula is C16H26N2. The highest BCUT2D eigenvalue weighted by atomic mass is 15.2. The molecule has 1 aliphatic heterocycles. The molecule has 0 saturated carbocycles. The molecule has 1 fully saturated rings. The van der Waals surface area contributed by atoms with Gasteiger partial charge in [-0.05, 0) is 32.3 Å². The minimum absolute atomic E-state index is 0.595. The molecule has 2 heteroatoms. The summed E-state index contributed by atoms with van der Waals surface area (Å²) in [5.74, 6) is 0. The second-order valence-electron chi connectivity index (χ2n) is 5.65. The summed E-state index contributed by atoms with van der Waals surface area (Å²) in [6.07, 6.45) is 2.38. The Hall–Kier alpha value is -0.860. The van der Waals surface area contributed by atoms with Gasteiger partial charge in [-0.2, -0.15) is 0 Å². The molecule has 2 rings (SSSR count). The molecule has 1 N–H and O–H groups in total. The van der Waals surface area contributed by atoms with Gasteiger partial charge in [0.15, 0.2) is 0 Å². The predicted molar refractivity (Wildman–Crippen MR) is 77.9 cm³/mol. The van der Waals surface area contributed by atoms with Crippen LogP contribution < -0.4 is 5.32 Å². The third kappa shape index (κ3) is 3.33. The van der Waals surface area contributed by atoms with Gasteiger partial charge in [-0.3, -0.25) is 4.90 Å². The van der Waals surface area contributed by atoms with E-state index < -0.39 is 0 Å². The van der Waals surface area contributed by atoms with E-state index in [1.807, 2.05) is 0 Å². The fourth-order valence-corrected chi connectivity index (χ4v) is 2.93. The Labute approximate surface area is 111 Å². The number of rotatable bonds is 4. The Morgan fingerprint density at radius 2 is 2.00 bits per heavy atom. The molecule has 2 atom stereocenters. The smallest absolute Gasteiger partial charge is 0.0236 e. The molecule has 0 amide bonds. The van der Waals surface area contributed by atoms with Crippen LogP contribution in [0, 0.1) is 0 Å². The van der Waals surface area contributed by atoms with Gasteiger partial charge in [0.1, 0.15) is 0 Å². The van der Waals surface area contributed by atoms with Crippen molar-refractivity contribution >= 4 is 0 Å². The molecule has 100 valence electrons. The zero-order valence-corrected chi connectivity index (χ0v) is 11.9. The van der Waals surface area contributed by atoms with Gasteiger partial charge in [-0.1, -0.05) is 37.3 Å². The van der Waals surface area contributed by atoms with Crippen molar-refractivity contribution in [3.63, 3.8) is 0 Å². The average molecular weight is 246 g/mol. The monoisotopic (exact) mass is 246 g/mol. The van der Waals surface area contributed by atoms with Crippen molar-refractivity contribution in [1.82, 2.24) is 10.2 Å². The summed E-state index contributed by atoms with van der Waals surface area (Å²) in [7, 11) is 0. The highest BCUT2D eigenvalue weighted by Gasteiger charge is 2.28. The van der Waals surface area contributed by atoms with Crippen LogP contribution in [0.2, 0.25) is 0 Å². The second kappa shape index (κ2) is 6.35. The van der Waals surface area contributed by atoms with Crippen LogP contribution in [0.3, 0.4) is 0 Å². The molecule has 18 heavy (non-hydrogen) atoms. The topological polar surface area (TPSA) is 15.3 Å². The van der Waals surface area contributed by atoms with Gasteiger partial charge in [0, 0.05) is 31.2 Å². The van der Waals surface area contributed by atoms with Crippen LogP contribution in [0.5, 0.6) is 0 Å². The Kier molecular flexibility index (Phi) is 4.79. The minimum atomic E-state index is 0.595. The molecule has 0 spiro atoms. The van der Waals surface area contributed by atoms with Crippen molar-refractivity contribution in [2.75, 3.05) is 13.1 Å². The Bertz CT molecular complexity index is 347. The molecule has 1 aromatic rings. The van der Waals surface area contributed by atoms with E-state index in [0.29, 0.717) is 18.1 Å². The summed E-state index contributed by atoms with van der Waals surface area (Å²) < 4.78 is 0. The highest BCUT2D eigenvalue weighted by Crippen LogP contribution is 2.16. The molecule has 2 nitrogen and oxygen atoms in total. The summed E-state index contributed by atoms with van der Waals surface area (Å²) in [5.41, 5.74) is 1.44. The van der Waals surface area contributed by atoms with Crippen LogP contribution >= 0.6 is 0 Å². The summed E-state index contributed by atoms with van der Waals surface area (Å²) >= 11 is 0. The summed E-state index contributed by atoms with van der Waals surface area (Å²) in [4.78, 5) is 2.66. The third-order valence-corrected chi connectivity index (χ3v) is 4.00. The number of nitrogens with one attached hydrogen (secondary N) is 1. The Morgan fingerprint density at radius 1 is 1.28 bits per heavy atom. The van der Waals surface area contributed by atoms with Crippen molar-refractivity contribution < 1.29 is 0 Å². The normalized spacial score (nSPS) is 25.6. The van der Waals surface area contributed by atoms with Crippen LogP contribution in [0.15, 0.2) is 30.3 Å². The third-order valence-electron chi connectivity index (χ3n) is 4.00. The zero-order valence-electron chi connectivity index (χ0n) is 11.9. The Balaban J connectivity index is 1.96. The van der Waals surface area contributed by atoms with Crippen molar-refractivity contribution in [3.8, 4) is 0 Å². The molecule has 2 unspecified atom stereocenters. The maximum absolute atomic E-state index is 3.71. The lowest BCUT2D eigenvalue weighted by atomic mass is 9.99. The molecule has 1 aromatic carbocycles. The summed E-state index contributed by atoms with van der Waals surface area (Å²) in [6, 6.07) is 12.8. The molecule has 0 aromatic heterocycles. The molecule has 0 bridgehead atoms. The van der Waals surface area contributed by atoms with Crippen LogP contribution in [0.4, 0.5) is 0 Å². The average Bonchev–Trinajstić information content (AvgIpc) is 2.40. The summed E-state index contributed by atoms with van der Waals surface area (Å²) in [6.45, 7) is 9.22. The number of hydrogen-bond acceptors (Lipinski definition) is 2. The molecule has 1 aliphatic rings. The lowest BCUT2D eigenvalue weighted by Gasteiger charge is -2.42. The lowest BCUT2D eigenvalue weighted by Crippen LogP contribution is -2.58. The second-order valence-corrected chi connectivity index (χ2v) is 5.65. The first kappa shape index (κ1) is 13.6. The standard InChI is InChI=1S/C16H26N2/c1-4-16-11-17-15(12-18(16)13(2)3)10-14-8-6-5-7-9-14/h5-9,13,15-17H,4,10-12H2,1-3H3. The van der Waals surface area contributed by atoms with Gasteiger partial charge in [-0.15, -0.1) is 0 Å². The van der Waals surface area contributed by atoms with Gasteiger partial charge in [0.2, 0.25) is 0 Å². The Morgan fingerprint density at radius 3 is 2.61 bits per heavy atom. The van der Waals surface area contributed by atoms with Crippen LogP contribution in [-0.2, 0) is 6.42 Å². The quantitative estimate of drug-likeness (QED) is 0.878. The van der Waals surface area contributed by atoms with Crippen molar-refractivity contribution in [3.05, 3.63) is 35.9 Å². The van der Waals surface area contributed by atoms with E-state index in [1.54, 1.807) is 0 Å². The molecule has 1 heterocycles. The zero-order chi connectivity index (χ0) is 13.0. The predicted octanol–water partition coefficient (Wildman–Crippen LogP) is 2.69. The van der Waals surface area contributed by atoms with Gasteiger partial charge in [0.25, 0.3) is 0 Å². The van der Waals surface area contributed by atoms with Crippen LogP contribution in [0.25, 0.3) is 0 Å². The lowest BCUT2D eigenvalue weighted by molar-refractivity contribution is 0.0940. The summed E-state index contributed by atoms with van der Waals surface area (Å²) in [5, 5.41) is 3.71. The minimum Gasteiger partial charge on any atom is -0.311 e. The first-order valence-electron chi connectivity index (χ1n) is 7.23. The van der Waals surface area contributed by atoms with E-state index in [-0.39, 0.29) is 0 Å². The van der Waals surface area contributed by atoms with Gasteiger partial charge in [-0.25, -0.2) is 0 Å². The SMILES string of the molecule is CCC1CNC(Cc2ccccc2)CN1C(C)C. The van der Waals surface area contributed by atoms with E-state index >= 15 is 0 Å². The maximum Gasteiger partial charge on any atom is 0.0236 e. The number of piperazine rings is 1. The molecule has 0 aliphatic carbocycles. The maximum atomic E-state index is 3.71. The van der Waals surface area contributed by atoms with E-state index in [2.05, 4.69) is 61.3 Å². The number of hydrogen-bond donors (Lipinski definition) is 1. The highest BCUT2D eigenvalue weighted by molar-refractivity contribution is 5.16. The number of nitrogens with zero attached hydrogens (tertiary/aromatic N) is 1. The van der Waals surface area contributed by atoms with Crippen molar-refractivity contribution in [1.29, 1.82) is 0 Å². The van der Waals surface area contributed by atoms with E-state index in [1.165, 1.54) is 18.5 Å². The van der Waals surface area contributed by atoms with E-state index in [4.69, 9.17) is 0 Å². The van der Waals surface area contributed by atoms with Crippen molar-refractivity contribution in [2.24, 2.45) is 0 Å². The first-order valence-corrected chi connectivity index (χ1v) is 7.23. The fourth-order valence-electron chi connectivity index (χ4n) is 2.93. The molecule has 1 saturated heterocycles. The van der Waals surface area contributed by atoms with Crippen LogP contribution in [-0.4, -0.2) is 36.1 Å². The largest absolute Gasteiger partial charge is 0.311 e. The van der Waals surface area contributed by atoms with Gasteiger partial charge >= 0.3 is 0 Å². The van der Waals surface area contributed by atoms with Crippen molar-refractivity contribution in [2.45, 2.75) is 51.7 Å². The van der Waals surface area contributed by atoms with E-state index in [9.17, 15) is 0 Å². The molecular weight excluding hydrogens is 220 g/mol. The van der Waals surface area contributed by atoms with Gasteiger partial charge in [0.05, 0.1) is 0 Å². The number of benzene rings is 1.